The zero-order valence-corrected chi connectivity index (χ0v) is 13.6. The molecular formula is C12H18N4O6S. The average Bonchev–Trinajstić information content (AvgIpc) is 2.44. The van der Waals surface area contributed by atoms with Crippen molar-refractivity contribution in [3.05, 3.63) is 32.4 Å². The van der Waals surface area contributed by atoms with Crippen molar-refractivity contribution in [2.24, 2.45) is 5.14 Å². The third-order valence-electron chi connectivity index (χ3n) is 3.06. The molecule has 2 N–H and O–H groups in total. The van der Waals surface area contributed by atoms with Crippen molar-refractivity contribution in [3.63, 3.8) is 0 Å². The van der Waals surface area contributed by atoms with Crippen LogP contribution in [-0.2, 0) is 10.0 Å². The van der Waals surface area contributed by atoms with Gasteiger partial charge in [0, 0.05) is 25.2 Å². The third-order valence-corrected chi connectivity index (χ3v) is 4.05. The van der Waals surface area contributed by atoms with Crippen molar-refractivity contribution in [1.29, 1.82) is 0 Å². The number of anilines is 1. The Morgan fingerprint density at radius 2 is 1.43 bits per heavy atom. The highest BCUT2D eigenvalue weighted by atomic mass is 32.2. The molecule has 11 heteroatoms. The normalized spacial score (nSPS) is 11.3. The zero-order chi connectivity index (χ0) is 17.8. The number of hydrogen-bond donors (Lipinski definition) is 1. The van der Waals surface area contributed by atoms with Gasteiger partial charge in [-0.25, -0.2) is 13.6 Å². The molecule has 0 radical (unpaired) electrons. The molecule has 0 aromatic heterocycles. The Hall–Kier alpha value is -2.27. The Balaban J connectivity index is 3.72. The van der Waals surface area contributed by atoms with Gasteiger partial charge in [0.15, 0.2) is 0 Å². The molecule has 0 bridgehead atoms. The SMILES string of the molecule is CCCN(CCC)c1cc([N+](=O)[O-])c(S(N)(=O)=O)c([N+](=O)[O-])c1. The van der Waals surface area contributed by atoms with E-state index in [2.05, 4.69) is 0 Å². The predicted octanol–water partition coefficient (Wildman–Crippen LogP) is 1.78. The fraction of sp³-hybridized carbons (Fsp3) is 0.500. The number of benzene rings is 1. The van der Waals surface area contributed by atoms with Gasteiger partial charge in [0.2, 0.25) is 4.90 Å². The highest BCUT2D eigenvalue weighted by molar-refractivity contribution is 7.89. The highest BCUT2D eigenvalue weighted by Crippen LogP contribution is 2.37. The fourth-order valence-electron chi connectivity index (χ4n) is 2.24. The van der Waals surface area contributed by atoms with E-state index in [0.29, 0.717) is 13.1 Å². The first-order valence-electron chi connectivity index (χ1n) is 6.88. The van der Waals surface area contributed by atoms with Crippen molar-refractivity contribution < 1.29 is 18.3 Å². The van der Waals surface area contributed by atoms with Crippen LogP contribution in [0.25, 0.3) is 0 Å². The van der Waals surface area contributed by atoms with E-state index in [1.807, 2.05) is 13.8 Å². The van der Waals surface area contributed by atoms with E-state index >= 15 is 0 Å². The van der Waals surface area contributed by atoms with Crippen LogP contribution in [0.1, 0.15) is 26.7 Å². The number of sulfonamides is 1. The van der Waals surface area contributed by atoms with E-state index in [4.69, 9.17) is 5.14 Å². The second-order valence-electron chi connectivity index (χ2n) is 4.86. The van der Waals surface area contributed by atoms with Crippen LogP contribution in [0.5, 0.6) is 0 Å². The van der Waals surface area contributed by atoms with Crippen LogP contribution in [-0.4, -0.2) is 31.4 Å². The largest absolute Gasteiger partial charge is 0.371 e. The van der Waals surface area contributed by atoms with Crippen molar-refractivity contribution in [2.75, 3.05) is 18.0 Å². The molecule has 1 aromatic carbocycles. The lowest BCUT2D eigenvalue weighted by Gasteiger charge is -2.23. The maximum absolute atomic E-state index is 11.6. The van der Waals surface area contributed by atoms with Crippen LogP contribution in [0.2, 0.25) is 0 Å². The van der Waals surface area contributed by atoms with E-state index in [1.54, 1.807) is 4.90 Å². The summed E-state index contributed by atoms with van der Waals surface area (Å²) >= 11 is 0. The first kappa shape index (κ1) is 18.8. The molecule has 0 fully saturated rings. The summed E-state index contributed by atoms with van der Waals surface area (Å²) in [5, 5.41) is 27.3. The first-order chi connectivity index (χ1) is 10.6. The molecule has 1 aromatic rings. The van der Waals surface area contributed by atoms with Crippen LogP contribution >= 0.6 is 0 Å². The molecule has 0 amide bonds. The zero-order valence-electron chi connectivity index (χ0n) is 12.8. The lowest BCUT2D eigenvalue weighted by molar-refractivity contribution is -0.399. The van der Waals surface area contributed by atoms with Crippen molar-refractivity contribution >= 4 is 27.1 Å². The molecule has 0 aliphatic carbocycles. The Morgan fingerprint density at radius 1 is 1.04 bits per heavy atom. The molecule has 0 spiro atoms. The van der Waals surface area contributed by atoms with Gasteiger partial charge in [0.1, 0.15) is 0 Å². The standard InChI is InChI=1S/C12H18N4O6S/c1-3-5-14(6-4-2)9-7-10(15(17)18)12(23(13,21)22)11(8-9)16(19)20/h7-8H,3-6H2,1-2H3,(H2,13,21,22). The summed E-state index contributed by atoms with van der Waals surface area (Å²) < 4.78 is 23.1. The number of nitro benzene ring substituents is 2. The smallest absolute Gasteiger partial charge is 0.298 e. The van der Waals surface area contributed by atoms with Gasteiger partial charge in [0.05, 0.1) is 15.5 Å². The number of nitro groups is 2. The topological polar surface area (TPSA) is 150 Å². The van der Waals surface area contributed by atoms with Crippen LogP contribution in [0, 0.1) is 20.2 Å². The number of hydrogen-bond acceptors (Lipinski definition) is 7. The molecule has 1 rings (SSSR count). The van der Waals surface area contributed by atoms with Gasteiger partial charge in [-0.1, -0.05) is 13.8 Å². The second kappa shape index (κ2) is 7.33. The number of nitrogens with zero attached hydrogens (tertiary/aromatic N) is 3. The molecule has 128 valence electrons. The second-order valence-corrected chi connectivity index (χ2v) is 6.36. The molecule has 0 unspecified atom stereocenters. The van der Waals surface area contributed by atoms with Crippen LogP contribution in [0.4, 0.5) is 17.1 Å². The maximum Gasteiger partial charge on any atom is 0.298 e. The van der Waals surface area contributed by atoms with Gasteiger partial charge in [0.25, 0.3) is 21.4 Å². The minimum atomic E-state index is -4.62. The summed E-state index contributed by atoms with van der Waals surface area (Å²) in [6.45, 7) is 4.84. The molecule has 0 atom stereocenters. The number of primary sulfonamides is 1. The van der Waals surface area contributed by atoms with Crippen LogP contribution < -0.4 is 10.0 Å². The summed E-state index contributed by atoms with van der Waals surface area (Å²) in [4.78, 5) is 21.0. The first-order valence-corrected chi connectivity index (χ1v) is 8.42. The van der Waals surface area contributed by atoms with E-state index in [1.165, 1.54) is 0 Å². The Kier molecular flexibility index (Phi) is 5.98. The molecule has 0 aliphatic heterocycles. The molecule has 0 saturated heterocycles. The van der Waals surface area contributed by atoms with E-state index in [9.17, 15) is 28.6 Å². The predicted molar refractivity (Wildman–Crippen MR) is 83.9 cm³/mol. The monoisotopic (exact) mass is 346 g/mol. The Labute approximate surface area is 133 Å². The van der Waals surface area contributed by atoms with E-state index in [0.717, 1.165) is 25.0 Å². The lowest BCUT2D eigenvalue weighted by atomic mass is 10.2. The van der Waals surface area contributed by atoms with Crippen molar-refractivity contribution in [2.45, 2.75) is 31.6 Å². The van der Waals surface area contributed by atoms with Gasteiger partial charge in [-0.05, 0) is 12.8 Å². The summed E-state index contributed by atoms with van der Waals surface area (Å²) in [5.74, 6) is 0. The maximum atomic E-state index is 11.6. The van der Waals surface area contributed by atoms with Crippen LogP contribution in [0.3, 0.4) is 0 Å². The lowest BCUT2D eigenvalue weighted by Crippen LogP contribution is -2.25. The molecule has 23 heavy (non-hydrogen) atoms. The van der Waals surface area contributed by atoms with Gasteiger partial charge < -0.3 is 4.90 Å². The van der Waals surface area contributed by atoms with Crippen LogP contribution in [0.15, 0.2) is 17.0 Å². The van der Waals surface area contributed by atoms with Gasteiger partial charge >= 0.3 is 0 Å². The fourth-order valence-corrected chi connectivity index (χ4v) is 3.09. The van der Waals surface area contributed by atoms with Gasteiger partial charge in [-0.2, -0.15) is 0 Å². The Morgan fingerprint density at radius 3 is 1.70 bits per heavy atom. The van der Waals surface area contributed by atoms with E-state index < -0.39 is 36.1 Å². The minimum Gasteiger partial charge on any atom is -0.371 e. The summed E-state index contributed by atoms with van der Waals surface area (Å²) in [6.07, 6.45) is 1.44. The number of rotatable bonds is 8. The summed E-state index contributed by atoms with van der Waals surface area (Å²) in [6, 6.07) is 2.02. The Bertz CT molecular complexity index is 677. The highest BCUT2D eigenvalue weighted by Gasteiger charge is 2.35. The minimum absolute atomic E-state index is 0.222. The third kappa shape index (κ3) is 4.36. The molecule has 10 nitrogen and oxygen atoms in total. The van der Waals surface area contributed by atoms with Gasteiger partial charge in [-0.3, -0.25) is 20.2 Å². The van der Waals surface area contributed by atoms with Gasteiger partial charge in [-0.15, -0.1) is 0 Å². The molecule has 0 saturated carbocycles. The summed E-state index contributed by atoms with van der Waals surface area (Å²) in [7, 11) is -4.62. The molecule has 0 heterocycles. The molecular weight excluding hydrogens is 328 g/mol. The van der Waals surface area contributed by atoms with Crippen molar-refractivity contribution in [3.8, 4) is 0 Å². The average molecular weight is 346 g/mol. The number of nitrogens with two attached hydrogens (primary N) is 1. The summed E-state index contributed by atoms with van der Waals surface area (Å²) in [5.41, 5.74) is -1.57. The van der Waals surface area contributed by atoms with Crippen molar-refractivity contribution in [1.82, 2.24) is 0 Å². The quantitative estimate of drug-likeness (QED) is 0.556. The van der Waals surface area contributed by atoms with E-state index in [-0.39, 0.29) is 5.69 Å². The molecule has 0 aliphatic rings.